The van der Waals surface area contributed by atoms with Crippen LogP contribution in [0.1, 0.15) is 33.1 Å². The van der Waals surface area contributed by atoms with Crippen molar-refractivity contribution in [2.75, 3.05) is 32.8 Å². The standard InChI is InChI=1S/C14H27N3O2/c1-3-11(2)15-8-14(18)16-7-13-9-17-6-4-5-12(17)10-19-13/h11-13,15H,3-10H2,1-2H3,(H,16,18). The third-order valence-corrected chi connectivity index (χ3v) is 4.21. The van der Waals surface area contributed by atoms with Gasteiger partial charge in [-0.25, -0.2) is 0 Å². The number of ether oxygens (including phenoxy) is 1. The summed E-state index contributed by atoms with van der Waals surface area (Å²) in [7, 11) is 0. The smallest absolute Gasteiger partial charge is 0.234 e. The van der Waals surface area contributed by atoms with Gasteiger partial charge in [-0.1, -0.05) is 6.92 Å². The molecule has 5 heteroatoms. The van der Waals surface area contributed by atoms with E-state index in [1.807, 2.05) is 0 Å². The van der Waals surface area contributed by atoms with Crippen molar-refractivity contribution in [1.82, 2.24) is 15.5 Å². The summed E-state index contributed by atoms with van der Waals surface area (Å²) < 4.78 is 5.81. The fraction of sp³-hybridized carbons (Fsp3) is 0.929. The predicted octanol–water partition coefficient (Wildman–Crippen LogP) is 0.354. The van der Waals surface area contributed by atoms with Crippen LogP contribution in [0.5, 0.6) is 0 Å². The summed E-state index contributed by atoms with van der Waals surface area (Å²) in [6.07, 6.45) is 3.74. The number of nitrogens with zero attached hydrogens (tertiary/aromatic N) is 1. The molecule has 19 heavy (non-hydrogen) atoms. The van der Waals surface area contributed by atoms with E-state index < -0.39 is 0 Å². The topological polar surface area (TPSA) is 53.6 Å². The normalized spacial score (nSPS) is 28.9. The molecule has 0 aromatic carbocycles. The van der Waals surface area contributed by atoms with E-state index in [0.717, 1.165) is 19.6 Å². The third kappa shape index (κ3) is 4.44. The zero-order valence-electron chi connectivity index (χ0n) is 12.2. The van der Waals surface area contributed by atoms with Crippen LogP contribution >= 0.6 is 0 Å². The first-order chi connectivity index (χ1) is 9.19. The Hall–Kier alpha value is -0.650. The summed E-state index contributed by atoms with van der Waals surface area (Å²) in [5.74, 6) is 0.0624. The van der Waals surface area contributed by atoms with E-state index in [9.17, 15) is 4.79 Å². The Kier molecular flexibility index (Phi) is 5.60. The minimum absolute atomic E-state index is 0.0624. The van der Waals surface area contributed by atoms with Crippen LogP contribution in [0.2, 0.25) is 0 Å². The SMILES string of the molecule is CCC(C)NCC(=O)NCC1CN2CCCC2CO1. The highest BCUT2D eigenvalue weighted by molar-refractivity contribution is 5.78. The molecule has 2 aliphatic heterocycles. The average Bonchev–Trinajstić information content (AvgIpc) is 2.89. The van der Waals surface area contributed by atoms with Crippen LogP contribution in [0.3, 0.4) is 0 Å². The molecule has 110 valence electrons. The lowest BCUT2D eigenvalue weighted by Gasteiger charge is -2.35. The summed E-state index contributed by atoms with van der Waals surface area (Å²) in [4.78, 5) is 14.2. The monoisotopic (exact) mass is 269 g/mol. The second-order valence-corrected chi connectivity index (χ2v) is 5.74. The zero-order valence-corrected chi connectivity index (χ0v) is 12.2. The Balaban J connectivity index is 1.61. The number of carbonyl (C=O) groups is 1. The zero-order chi connectivity index (χ0) is 13.7. The van der Waals surface area contributed by atoms with Crippen molar-refractivity contribution in [3.05, 3.63) is 0 Å². The molecule has 1 amide bonds. The van der Waals surface area contributed by atoms with Crippen molar-refractivity contribution in [3.8, 4) is 0 Å². The van der Waals surface area contributed by atoms with E-state index in [2.05, 4.69) is 29.4 Å². The molecule has 2 aliphatic rings. The van der Waals surface area contributed by atoms with E-state index in [1.165, 1.54) is 19.4 Å². The summed E-state index contributed by atoms with van der Waals surface area (Å²) in [5, 5.41) is 6.15. The quantitative estimate of drug-likeness (QED) is 0.731. The lowest BCUT2D eigenvalue weighted by Crippen LogP contribution is -2.50. The number of morpholine rings is 1. The average molecular weight is 269 g/mol. The number of amides is 1. The Morgan fingerprint density at radius 1 is 1.53 bits per heavy atom. The predicted molar refractivity (Wildman–Crippen MR) is 75.1 cm³/mol. The first-order valence-corrected chi connectivity index (χ1v) is 7.54. The molecule has 0 bridgehead atoms. The number of rotatable bonds is 6. The third-order valence-electron chi connectivity index (χ3n) is 4.21. The lowest BCUT2D eigenvalue weighted by atomic mass is 10.2. The number of hydrogen-bond donors (Lipinski definition) is 2. The van der Waals surface area contributed by atoms with Gasteiger partial charge in [0.1, 0.15) is 0 Å². The number of carbonyl (C=O) groups excluding carboxylic acids is 1. The van der Waals surface area contributed by atoms with Gasteiger partial charge in [0.05, 0.1) is 19.3 Å². The molecule has 3 unspecified atom stereocenters. The molecule has 2 N–H and O–H groups in total. The highest BCUT2D eigenvalue weighted by atomic mass is 16.5. The van der Waals surface area contributed by atoms with Crippen molar-refractivity contribution < 1.29 is 9.53 Å². The molecule has 0 spiro atoms. The van der Waals surface area contributed by atoms with E-state index in [4.69, 9.17) is 4.74 Å². The molecule has 0 saturated carbocycles. The minimum Gasteiger partial charge on any atom is -0.373 e. The maximum atomic E-state index is 11.7. The molecular formula is C14H27N3O2. The molecule has 2 saturated heterocycles. The second kappa shape index (κ2) is 7.22. The maximum absolute atomic E-state index is 11.7. The van der Waals surface area contributed by atoms with Gasteiger partial charge < -0.3 is 15.4 Å². The molecule has 0 aliphatic carbocycles. The maximum Gasteiger partial charge on any atom is 0.234 e. The van der Waals surface area contributed by atoms with Gasteiger partial charge in [-0.2, -0.15) is 0 Å². The lowest BCUT2D eigenvalue weighted by molar-refractivity contribution is -0.121. The van der Waals surface area contributed by atoms with Gasteiger partial charge in [-0.15, -0.1) is 0 Å². The van der Waals surface area contributed by atoms with Crippen molar-refractivity contribution in [2.24, 2.45) is 0 Å². The molecule has 0 aromatic heterocycles. The van der Waals surface area contributed by atoms with Gasteiger partial charge in [-0.3, -0.25) is 9.69 Å². The van der Waals surface area contributed by atoms with Crippen LogP contribution < -0.4 is 10.6 Å². The van der Waals surface area contributed by atoms with E-state index in [0.29, 0.717) is 25.2 Å². The van der Waals surface area contributed by atoms with Crippen molar-refractivity contribution in [2.45, 2.75) is 51.3 Å². The number of fused-ring (bicyclic) bond motifs is 1. The first kappa shape index (κ1) is 14.8. The molecule has 2 rings (SSSR count). The van der Waals surface area contributed by atoms with E-state index in [-0.39, 0.29) is 12.0 Å². The highest BCUT2D eigenvalue weighted by Gasteiger charge is 2.32. The van der Waals surface area contributed by atoms with Crippen LogP contribution in [0.15, 0.2) is 0 Å². The number of nitrogens with one attached hydrogen (secondary N) is 2. The van der Waals surface area contributed by atoms with Gasteiger partial charge in [0, 0.05) is 25.2 Å². The largest absolute Gasteiger partial charge is 0.373 e. The van der Waals surface area contributed by atoms with Gasteiger partial charge in [0.25, 0.3) is 0 Å². The van der Waals surface area contributed by atoms with Crippen LogP contribution in [-0.4, -0.2) is 61.8 Å². The van der Waals surface area contributed by atoms with Gasteiger partial charge >= 0.3 is 0 Å². The Morgan fingerprint density at radius 2 is 2.37 bits per heavy atom. The summed E-state index contributed by atoms with van der Waals surface area (Å²) in [5.41, 5.74) is 0. The molecule has 0 aromatic rings. The van der Waals surface area contributed by atoms with Crippen LogP contribution in [-0.2, 0) is 9.53 Å². The Bertz CT molecular complexity index is 298. The Labute approximate surface area is 116 Å². The van der Waals surface area contributed by atoms with E-state index >= 15 is 0 Å². The summed E-state index contributed by atoms with van der Waals surface area (Å²) >= 11 is 0. The summed E-state index contributed by atoms with van der Waals surface area (Å²) in [6.45, 7) is 8.20. The van der Waals surface area contributed by atoms with Crippen molar-refractivity contribution in [3.63, 3.8) is 0 Å². The molecule has 0 radical (unpaired) electrons. The Morgan fingerprint density at radius 3 is 3.16 bits per heavy atom. The minimum atomic E-state index is 0.0624. The van der Waals surface area contributed by atoms with Gasteiger partial charge in [0.15, 0.2) is 0 Å². The molecule has 2 fully saturated rings. The van der Waals surface area contributed by atoms with Crippen molar-refractivity contribution in [1.29, 1.82) is 0 Å². The van der Waals surface area contributed by atoms with Crippen molar-refractivity contribution >= 4 is 5.91 Å². The molecule has 5 nitrogen and oxygen atoms in total. The summed E-state index contributed by atoms with van der Waals surface area (Å²) in [6, 6.07) is 1.01. The fourth-order valence-electron chi connectivity index (χ4n) is 2.71. The van der Waals surface area contributed by atoms with Crippen LogP contribution in [0, 0.1) is 0 Å². The van der Waals surface area contributed by atoms with Crippen LogP contribution in [0.4, 0.5) is 0 Å². The number of hydrogen-bond acceptors (Lipinski definition) is 4. The second-order valence-electron chi connectivity index (χ2n) is 5.74. The molecule has 3 atom stereocenters. The highest BCUT2D eigenvalue weighted by Crippen LogP contribution is 2.22. The fourth-order valence-corrected chi connectivity index (χ4v) is 2.71. The first-order valence-electron chi connectivity index (χ1n) is 7.54. The van der Waals surface area contributed by atoms with Gasteiger partial charge in [-0.05, 0) is 32.7 Å². The molecular weight excluding hydrogens is 242 g/mol. The van der Waals surface area contributed by atoms with Gasteiger partial charge in [0.2, 0.25) is 5.91 Å². The van der Waals surface area contributed by atoms with Crippen LogP contribution in [0.25, 0.3) is 0 Å². The van der Waals surface area contributed by atoms with E-state index in [1.54, 1.807) is 0 Å². The molecule has 2 heterocycles.